The van der Waals surface area contributed by atoms with E-state index in [4.69, 9.17) is 0 Å². The fraction of sp³-hybridized carbons (Fsp3) is 0.414. The van der Waals surface area contributed by atoms with Gasteiger partial charge in [0, 0.05) is 31.2 Å². The zero-order valence-corrected chi connectivity index (χ0v) is 20.6. The Bertz CT molecular complexity index is 1260. The molecule has 3 aromatic rings. The summed E-state index contributed by atoms with van der Waals surface area (Å²) in [6, 6.07) is 19.0. The molecule has 3 aliphatic rings. The fourth-order valence-electron chi connectivity index (χ4n) is 6.59. The van der Waals surface area contributed by atoms with Gasteiger partial charge in [0.1, 0.15) is 5.69 Å². The molecular formula is C29H33N5O2. The number of hydrogen-bond donors (Lipinski definition) is 2. The standard InChI is InChI=1S/C29H33N5O2/c1-33-18-30-17-25(33)28(35)32-24-14-8-6-12-21(24)29(36)34-16-15-22-26(19-9-3-2-4-10-19)31-23-13-7-5-11-20(23)27(22)34/h2-5,7,9-11,13,17-18,21-22,24,26-27,31H,6,8,12,14-16H2,1H3,(H,32,35)/t21-,22+,24+,26-,27-/m0/s1. The molecule has 6 rings (SSSR count). The van der Waals surface area contributed by atoms with Gasteiger partial charge in [0.05, 0.1) is 30.5 Å². The van der Waals surface area contributed by atoms with Crippen molar-refractivity contribution in [1.82, 2.24) is 19.8 Å². The summed E-state index contributed by atoms with van der Waals surface area (Å²) in [4.78, 5) is 33.4. The lowest BCUT2D eigenvalue weighted by Gasteiger charge is -2.42. The first-order chi connectivity index (χ1) is 17.6. The molecule has 0 unspecified atom stereocenters. The van der Waals surface area contributed by atoms with Gasteiger partial charge in [-0.2, -0.15) is 0 Å². The Hall–Kier alpha value is -3.61. The number of aryl methyl sites for hydroxylation is 1. The van der Waals surface area contributed by atoms with E-state index in [1.54, 1.807) is 17.1 Å². The van der Waals surface area contributed by atoms with Gasteiger partial charge in [0.2, 0.25) is 5.91 Å². The SMILES string of the molecule is Cn1cncc1C(=O)N[C@@H]1CCCC[C@@H]1C(=O)N1CC[C@@H]2[C@H](c3ccccc3)Nc3ccccc3[C@@H]21. The second-order valence-corrected chi connectivity index (χ2v) is 10.4. The molecular weight excluding hydrogens is 450 g/mol. The van der Waals surface area contributed by atoms with Gasteiger partial charge < -0.3 is 20.1 Å². The van der Waals surface area contributed by atoms with Gasteiger partial charge >= 0.3 is 0 Å². The van der Waals surface area contributed by atoms with Gasteiger partial charge in [-0.05, 0) is 36.5 Å². The third-order valence-electron chi connectivity index (χ3n) is 8.35. The van der Waals surface area contributed by atoms with E-state index in [0.29, 0.717) is 11.6 Å². The van der Waals surface area contributed by atoms with Crippen LogP contribution in [0.15, 0.2) is 67.1 Å². The molecule has 3 heterocycles. The molecule has 2 amide bonds. The van der Waals surface area contributed by atoms with E-state index < -0.39 is 0 Å². The van der Waals surface area contributed by atoms with Crippen molar-refractivity contribution in [1.29, 1.82) is 0 Å². The number of benzene rings is 2. The molecule has 2 aliphatic heterocycles. The van der Waals surface area contributed by atoms with Crippen molar-refractivity contribution in [3.8, 4) is 0 Å². The number of anilines is 1. The summed E-state index contributed by atoms with van der Waals surface area (Å²) in [6.45, 7) is 0.742. The van der Waals surface area contributed by atoms with E-state index in [2.05, 4.69) is 69.0 Å². The number of aromatic nitrogens is 2. The number of rotatable bonds is 4. The van der Waals surface area contributed by atoms with Crippen LogP contribution in [0.3, 0.4) is 0 Å². The van der Waals surface area contributed by atoms with Crippen molar-refractivity contribution >= 4 is 17.5 Å². The number of hydrogen-bond acceptors (Lipinski definition) is 4. The van der Waals surface area contributed by atoms with Gasteiger partial charge in [-0.3, -0.25) is 9.59 Å². The van der Waals surface area contributed by atoms with E-state index in [9.17, 15) is 9.59 Å². The monoisotopic (exact) mass is 483 g/mol. The van der Waals surface area contributed by atoms with Gasteiger partial charge in [-0.1, -0.05) is 61.4 Å². The molecule has 1 aromatic heterocycles. The Kier molecular flexibility index (Phi) is 5.99. The van der Waals surface area contributed by atoms with Crippen LogP contribution in [0.25, 0.3) is 0 Å². The maximum absolute atomic E-state index is 14.2. The highest BCUT2D eigenvalue weighted by Crippen LogP contribution is 2.51. The average Bonchev–Trinajstić information content (AvgIpc) is 3.55. The number of carbonyl (C=O) groups is 2. The third-order valence-corrected chi connectivity index (χ3v) is 8.35. The highest BCUT2D eigenvalue weighted by molar-refractivity contribution is 5.93. The van der Waals surface area contributed by atoms with E-state index in [1.807, 2.05) is 13.1 Å². The van der Waals surface area contributed by atoms with Crippen LogP contribution in [0.4, 0.5) is 5.69 Å². The molecule has 2 aromatic carbocycles. The summed E-state index contributed by atoms with van der Waals surface area (Å²) in [7, 11) is 1.81. The summed E-state index contributed by atoms with van der Waals surface area (Å²) in [6.07, 6.45) is 7.83. The molecule has 1 saturated carbocycles. The predicted octanol–water partition coefficient (Wildman–Crippen LogP) is 4.47. The lowest BCUT2D eigenvalue weighted by Crippen LogP contribution is -2.50. The molecule has 1 saturated heterocycles. The number of para-hydroxylation sites is 1. The summed E-state index contributed by atoms with van der Waals surface area (Å²) >= 11 is 0. The quantitative estimate of drug-likeness (QED) is 0.574. The smallest absolute Gasteiger partial charge is 0.269 e. The number of imidazole rings is 1. The summed E-state index contributed by atoms with van der Waals surface area (Å²) in [5.41, 5.74) is 4.09. The second kappa shape index (κ2) is 9.45. The number of fused-ring (bicyclic) bond motifs is 3. The van der Waals surface area contributed by atoms with Crippen LogP contribution in [-0.2, 0) is 11.8 Å². The Morgan fingerprint density at radius 1 is 1.00 bits per heavy atom. The molecule has 0 radical (unpaired) electrons. The second-order valence-electron chi connectivity index (χ2n) is 10.4. The Balaban J connectivity index is 1.28. The van der Waals surface area contributed by atoms with Crippen LogP contribution in [0.1, 0.15) is 65.8 Å². The minimum absolute atomic E-state index is 0.0375. The van der Waals surface area contributed by atoms with Crippen LogP contribution in [0, 0.1) is 11.8 Å². The minimum atomic E-state index is -0.202. The van der Waals surface area contributed by atoms with Crippen LogP contribution >= 0.6 is 0 Å². The van der Waals surface area contributed by atoms with Crippen molar-refractivity contribution in [2.75, 3.05) is 11.9 Å². The molecule has 186 valence electrons. The number of amides is 2. The van der Waals surface area contributed by atoms with E-state index in [0.717, 1.165) is 44.3 Å². The highest BCUT2D eigenvalue weighted by Gasteiger charge is 2.48. The van der Waals surface area contributed by atoms with E-state index >= 15 is 0 Å². The van der Waals surface area contributed by atoms with Crippen LogP contribution in [-0.4, -0.2) is 38.9 Å². The van der Waals surface area contributed by atoms with Crippen LogP contribution in [0.5, 0.6) is 0 Å². The maximum Gasteiger partial charge on any atom is 0.269 e. The topological polar surface area (TPSA) is 79.3 Å². The first-order valence-corrected chi connectivity index (χ1v) is 13.1. The summed E-state index contributed by atoms with van der Waals surface area (Å²) < 4.78 is 1.72. The number of nitrogens with one attached hydrogen (secondary N) is 2. The van der Waals surface area contributed by atoms with Crippen LogP contribution in [0.2, 0.25) is 0 Å². The summed E-state index contributed by atoms with van der Waals surface area (Å²) in [5, 5.41) is 6.96. The zero-order valence-electron chi connectivity index (χ0n) is 20.6. The molecule has 0 bridgehead atoms. The van der Waals surface area contributed by atoms with Gasteiger partial charge in [-0.25, -0.2) is 4.98 Å². The van der Waals surface area contributed by atoms with Crippen LogP contribution < -0.4 is 10.6 Å². The molecule has 36 heavy (non-hydrogen) atoms. The van der Waals surface area contributed by atoms with Crippen molar-refractivity contribution in [2.45, 2.75) is 50.2 Å². The van der Waals surface area contributed by atoms with Gasteiger partial charge in [0.15, 0.2) is 0 Å². The van der Waals surface area contributed by atoms with Crippen molar-refractivity contribution in [3.05, 3.63) is 83.9 Å². The molecule has 7 heteroatoms. The normalized spacial score (nSPS) is 27.0. The lowest BCUT2D eigenvalue weighted by molar-refractivity contribution is -0.138. The average molecular weight is 484 g/mol. The molecule has 7 nitrogen and oxygen atoms in total. The molecule has 1 aliphatic carbocycles. The Morgan fingerprint density at radius 2 is 1.78 bits per heavy atom. The maximum atomic E-state index is 14.2. The predicted molar refractivity (Wildman–Crippen MR) is 138 cm³/mol. The molecule has 5 atom stereocenters. The fourth-order valence-corrected chi connectivity index (χ4v) is 6.59. The first kappa shape index (κ1) is 22.8. The summed E-state index contributed by atoms with van der Waals surface area (Å²) in [5.74, 6) is 0.126. The third kappa shape index (κ3) is 3.96. The lowest BCUT2D eigenvalue weighted by atomic mass is 9.79. The Morgan fingerprint density at radius 3 is 2.58 bits per heavy atom. The first-order valence-electron chi connectivity index (χ1n) is 13.1. The number of likely N-dealkylation sites (tertiary alicyclic amines) is 1. The van der Waals surface area contributed by atoms with Crippen molar-refractivity contribution < 1.29 is 9.59 Å². The molecule has 0 spiro atoms. The number of carbonyl (C=O) groups excluding carboxylic acids is 2. The Labute approximate surface area is 211 Å². The largest absolute Gasteiger partial charge is 0.378 e. The van der Waals surface area contributed by atoms with Crippen molar-refractivity contribution in [2.24, 2.45) is 18.9 Å². The van der Waals surface area contributed by atoms with Crippen molar-refractivity contribution in [3.63, 3.8) is 0 Å². The minimum Gasteiger partial charge on any atom is -0.378 e. The van der Waals surface area contributed by atoms with Gasteiger partial charge in [-0.15, -0.1) is 0 Å². The van der Waals surface area contributed by atoms with Gasteiger partial charge in [0.25, 0.3) is 5.91 Å². The zero-order chi connectivity index (χ0) is 24.6. The number of nitrogens with zero attached hydrogens (tertiary/aromatic N) is 3. The molecule has 2 N–H and O–H groups in total. The molecule has 2 fully saturated rings. The van der Waals surface area contributed by atoms with E-state index in [-0.39, 0.29) is 35.9 Å². The highest BCUT2D eigenvalue weighted by atomic mass is 16.2. The van der Waals surface area contributed by atoms with E-state index in [1.165, 1.54) is 11.1 Å².